The number of aromatic nitrogens is 1. The summed E-state index contributed by atoms with van der Waals surface area (Å²) >= 11 is 0. The maximum Gasteiger partial charge on any atom is 0.145 e. The molecule has 1 heterocycles. The van der Waals surface area contributed by atoms with E-state index in [4.69, 9.17) is 10.5 Å². The van der Waals surface area contributed by atoms with Crippen LogP contribution in [0.15, 0.2) is 18.2 Å². The van der Waals surface area contributed by atoms with Crippen LogP contribution in [-0.4, -0.2) is 18.6 Å². The van der Waals surface area contributed by atoms with Gasteiger partial charge in [-0.15, -0.1) is 0 Å². The second-order valence-corrected chi connectivity index (χ2v) is 4.28. The van der Waals surface area contributed by atoms with Crippen LogP contribution in [-0.2, 0) is 6.42 Å². The van der Waals surface area contributed by atoms with Crippen molar-refractivity contribution in [2.45, 2.75) is 20.3 Å². The number of nitrogens with two attached hydrogens (primary N) is 1. The Morgan fingerprint density at radius 2 is 2.00 bits per heavy atom. The molecule has 2 N–H and O–H groups in total. The Hall–Kier alpha value is -1.61. The molecule has 0 aliphatic heterocycles. The van der Waals surface area contributed by atoms with Crippen LogP contribution in [0.1, 0.15) is 16.8 Å². The van der Waals surface area contributed by atoms with Crippen molar-refractivity contribution in [3.8, 4) is 5.75 Å². The molecule has 90 valence electrons. The Labute approximate surface area is 102 Å². The summed E-state index contributed by atoms with van der Waals surface area (Å²) in [7, 11) is 1.68. The van der Waals surface area contributed by atoms with Crippen LogP contribution >= 0.6 is 0 Å². The maximum absolute atomic E-state index is 5.58. The SMILES string of the molecule is COc1ccc(C)c2c(C)cc(CCN)nc12. The lowest BCUT2D eigenvalue weighted by atomic mass is 10.0. The highest BCUT2D eigenvalue weighted by Gasteiger charge is 2.09. The number of rotatable bonds is 3. The maximum atomic E-state index is 5.58. The van der Waals surface area contributed by atoms with Gasteiger partial charge in [0.1, 0.15) is 11.3 Å². The van der Waals surface area contributed by atoms with E-state index in [1.54, 1.807) is 7.11 Å². The molecule has 1 aromatic heterocycles. The molecular weight excluding hydrogens is 212 g/mol. The minimum Gasteiger partial charge on any atom is -0.494 e. The quantitative estimate of drug-likeness (QED) is 0.880. The highest BCUT2D eigenvalue weighted by Crippen LogP contribution is 2.29. The van der Waals surface area contributed by atoms with E-state index in [-0.39, 0.29) is 0 Å². The molecule has 3 heteroatoms. The fourth-order valence-corrected chi connectivity index (χ4v) is 2.22. The number of aryl methyl sites for hydroxylation is 2. The van der Waals surface area contributed by atoms with E-state index in [2.05, 4.69) is 31.0 Å². The van der Waals surface area contributed by atoms with E-state index in [1.165, 1.54) is 16.5 Å². The third kappa shape index (κ3) is 2.11. The number of hydrogen-bond donors (Lipinski definition) is 1. The summed E-state index contributed by atoms with van der Waals surface area (Å²) in [6, 6.07) is 6.15. The van der Waals surface area contributed by atoms with Gasteiger partial charge in [0.15, 0.2) is 0 Å². The Bertz CT molecular complexity index is 549. The first-order valence-electron chi connectivity index (χ1n) is 5.81. The number of nitrogens with zero attached hydrogens (tertiary/aromatic N) is 1. The first-order valence-corrected chi connectivity index (χ1v) is 5.81. The van der Waals surface area contributed by atoms with Gasteiger partial charge in [0.05, 0.1) is 7.11 Å². The Morgan fingerprint density at radius 3 is 2.65 bits per heavy atom. The summed E-state index contributed by atoms with van der Waals surface area (Å²) < 4.78 is 5.38. The van der Waals surface area contributed by atoms with Crippen LogP contribution < -0.4 is 10.5 Å². The molecule has 3 nitrogen and oxygen atoms in total. The Kier molecular flexibility index (Phi) is 3.29. The molecule has 0 atom stereocenters. The average Bonchev–Trinajstić information content (AvgIpc) is 2.29. The fourth-order valence-electron chi connectivity index (χ4n) is 2.22. The standard InChI is InChI=1S/C14H18N2O/c1-9-4-5-12(17-3)14-13(9)10(2)8-11(16-14)6-7-15/h4-5,8H,6-7,15H2,1-3H3. The molecule has 0 saturated carbocycles. The van der Waals surface area contributed by atoms with Crippen LogP contribution in [0.25, 0.3) is 10.9 Å². The fraction of sp³-hybridized carbons (Fsp3) is 0.357. The first kappa shape index (κ1) is 11.9. The van der Waals surface area contributed by atoms with Crippen molar-refractivity contribution in [1.82, 2.24) is 4.98 Å². The second-order valence-electron chi connectivity index (χ2n) is 4.28. The molecule has 0 fully saturated rings. The van der Waals surface area contributed by atoms with E-state index < -0.39 is 0 Å². The van der Waals surface area contributed by atoms with Crippen LogP contribution in [0, 0.1) is 13.8 Å². The van der Waals surface area contributed by atoms with Crippen molar-refractivity contribution < 1.29 is 4.74 Å². The van der Waals surface area contributed by atoms with Gasteiger partial charge in [0.25, 0.3) is 0 Å². The van der Waals surface area contributed by atoms with Crippen molar-refractivity contribution in [2.24, 2.45) is 5.73 Å². The summed E-state index contributed by atoms with van der Waals surface area (Å²) in [4.78, 5) is 4.65. The zero-order chi connectivity index (χ0) is 12.4. The van der Waals surface area contributed by atoms with Gasteiger partial charge in [0, 0.05) is 17.5 Å². The smallest absolute Gasteiger partial charge is 0.145 e. The highest BCUT2D eigenvalue weighted by molar-refractivity contribution is 5.90. The van der Waals surface area contributed by atoms with Crippen LogP contribution in [0.4, 0.5) is 0 Å². The monoisotopic (exact) mass is 230 g/mol. The van der Waals surface area contributed by atoms with E-state index in [0.29, 0.717) is 6.54 Å². The third-order valence-corrected chi connectivity index (χ3v) is 3.00. The molecule has 0 radical (unpaired) electrons. The number of ether oxygens (including phenoxy) is 1. The number of hydrogen-bond acceptors (Lipinski definition) is 3. The van der Waals surface area contributed by atoms with Crippen molar-refractivity contribution in [2.75, 3.05) is 13.7 Å². The summed E-state index contributed by atoms with van der Waals surface area (Å²) in [5, 5.41) is 1.19. The molecule has 0 aliphatic carbocycles. The van der Waals surface area contributed by atoms with Crippen molar-refractivity contribution >= 4 is 10.9 Å². The highest BCUT2D eigenvalue weighted by atomic mass is 16.5. The van der Waals surface area contributed by atoms with Crippen LogP contribution in [0.2, 0.25) is 0 Å². The molecule has 0 saturated heterocycles. The van der Waals surface area contributed by atoms with Crippen molar-refractivity contribution in [3.05, 3.63) is 35.0 Å². The van der Waals surface area contributed by atoms with Crippen LogP contribution in [0.5, 0.6) is 5.75 Å². The largest absolute Gasteiger partial charge is 0.494 e. The summed E-state index contributed by atoms with van der Waals surface area (Å²) in [5.74, 6) is 0.826. The molecule has 1 aromatic carbocycles. The number of methoxy groups -OCH3 is 1. The minimum absolute atomic E-state index is 0.617. The van der Waals surface area contributed by atoms with Gasteiger partial charge >= 0.3 is 0 Å². The summed E-state index contributed by atoms with van der Waals surface area (Å²) in [5.41, 5.74) is 10.0. The van der Waals surface area contributed by atoms with Gasteiger partial charge in [-0.2, -0.15) is 0 Å². The second kappa shape index (κ2) is 4.72. The Morgan fingerprint density at radius 1 is 1.24 bits per heavy atom. The molecule has 0 aliphatic rings. The molecule has 0 unspecified atom stereocenters. The molecule has 17 heavy (non-hydrogen) atoms. The van der Waals surface area contributed by atoms with E-state index in [0.717, 1.165) is 23.4 Å². The number of pyridine rings is 1. The molecular formula is C14H18N2O. The van der Waals surface area contributed by atoms with Gasteiger partial charge in [-0.1, -0.05) is 6.07 Å². The van der Waals surface area contributed by atoms with Crippen molar-refractivity contribution in [1.29, 1.82) is 0 Å². The van der Waals surface area contributed by atoms with E-state index in [1.807, 2.05) is 6.07 Å². The topological polar surface area (TPSA) is 48.1 Å². The normalized spacial score (nSPS) is 10.8. The van der Waals surface area contributed by atoms with Gasteiger partial charge in [-0.25, -0.2) is 4.98 Å². The first-order chi connectivity index (χ1) is 8.17. The predicted octanol–water partition coefficient (Wildman–Crippen LogP) is 2.36. The van der Waals surface area contributed by atoms with Gasteiger partial charge < -0.3 is 10.5 Å². The average molecular weight is 230 g/mol. The number of fused-ring (bicyclic) bond motifs is 1. The van der Waals surface area contributed by atoms with E-state index >= 15 is 0 Å². The molecule has 2 aromatic rings. The summed E-state index contributed by atoms with van der Waals surface area (Å²) in [6.45, 7) is 4.82. The van der Waals surface area contributed by atoms with Gasteiger partial charge in [-0.05, 0) is 43.7 Å². The molecule has 2 rings (SSSR count). The molecule has 0 amide bonds. The minimum atomic E-state index is 0.617. The molecule has 0 spiro atoms. The predicted molar refractivity (Wildman–Crippen MR) is 70.5 cm³/mol. The zero-order valence-electron chi connectivity index (χ0n) is 10.6. The van der Waals surface area contributed by atoms with Crippen molar-refractivity contribution in [3.63, 3.8) is 0 Å². The Balaban J connectivity index is 2.75. The lowest BCUT2D eigenvalue weighted by molar-refractivity contribution is 0.418. The third-order valence-electron chi connectivity index (χ3n) is 3.00. The van der Waals surface area contributed by atoms with Crippen LogP contribution in [0.3, 0.4) is 0 Å². The van der Waals surface area contributed by atoms with E-state index in [9.17, 15) is 0 Å². The van der Waals surface area contributed by atoms with Gasteiger partial charge in [0.2, 0.25) is 0 Å². The summed E-state index contributed by atoms with van der Waals surface area (Å²) in [6.07, 6.45) is 0.799. The lowest BCUT2D eigenvalue weighted by Crippen LogP contribution is -2.05. The molecule has 0 bridgehead atoms. The van der Waals surface area contributed by atoms with Gasteiger partial charge in [-0.3, -0.25) is 0 Å². The number of benzene rings is 1. The zero-order valence-corrected chi connectivity index (χ0v) is 10.6. The lowest BCUT2D eigenvalue weighted by Gasteiger charge is -2.11.